The van der Waals surface area contributed by atoms with E-state index in [1.807, 2.05) is 0 Å². The van der Waals surface area contributed by atoms with Crippen LogP contribution >= 0.6 is 0 Å². The molecule has 0 amide bonds. The van der Waals surface area contributed by atoms with E-state index in [0.29, 0.717) is 0 Å². The second-order valence-corrected chi connectivity index (χ2v) is 18.1. The van der Waals surface area contributed by atoms with Gasteiger partial charge in [0.25, 0.3) is 0 Å². The molecule has 0 radical (unpaired) electrons. The summed E-state index contributed by atoms with van der Waals surface area (Å²) >= 11 is 0. The predicted octanol–water partition coefficient (Wildman–Crippen LogP) is 16.1. The standard InChI is InChI=1S/C64H38O/c1-2-20-42-39(17-1)35-36-57-60(42)48-25-7-11-30-53(48)64(57)54-31-12-8-26-49(54)61-43(27-16-33-56(61)64)40-18-15-19-41(37-40)50-38-58-62(47-24-4-3-21-44(47)50)65-59-34-14-13-32-55(59)63(58)51-28-9-5-22-45(51)46-23-6-10-29-52(46)63/h1-38H. The van der Waals surface area contributed by atoms with Gasteiger partial charge in [-0.3, -0.25) is 0 Å². The summed E-state index contributed by atoms with van der Waals surface area (Å²) in [7, 11) is 0. The predicted molar refractivity (Wildman–Crippen MR) is 266 cm³/mol. The van der Waals surface area contributed by atoms with Crippen LogP contribution in [-0.4, -0.2) is 0 Å². The molecule has 15 rings (SSSR count). The lowest BCUT2D eigenvalue weighted by Gasteiger charge is -2.40. The number of ether oxygens (including phenoxy) is 1. The fourth-order valence-corrected chi connectivity index (χ4v) is 13.0. The summed E-state index contributed by atoms with van der Waals surface area (Å²) in [5, 5.41) is 4.87. The Labute approximate surface area is 377 Å². The van der Waals surface area contributed by atoms with Gasteiger partial charge in [-0.2, -0.15) is 0 Å². The van der Waals surface area contributed by atoms with E-state index < -0.39 is 10.8 Å². The Morgan fingerprint density at radius 2 is 0.738 bits per heavy atom. The molecule has 11 aromatic rings. The highest BCUT2D eigenvalue weighted by atomic mass is 16.5. The molecule has 3 aliphatic carbocycles. The van der Waals surface area contributed by atoms with Gasteiger partial charge in [-0.25, -0.2) is 0 Å². The van der Waals surface area contributed by atoms with Crippen LogP contribution in [0.15, 0.2) is 231 Å². The Bertz CT molecular complexity index is 3840. The Morgan fingerprint density at radius 1 is 0.262 bits per heavy atom. The summed E-state index contributed by atoms with van der Waals surface area (Å²) in [6.07, 6.45) is 0. The molecular formula is C64H38O. The van der Waals surface area contributed by atoms with Gasteiger partial charge in [0.05, 0.1) is 10.8 Å². The first-order valence-electron chi connectivity index (χ1n) is 22.8. The minimum Gasteiger partial charge on any atom is -0.456 e. The van der Waals surface area contributed by atoms with Gasteiger partial charge in [0, 0.05) is 16.5 Å². The molecule has 1 nitrogen and oxygen atoms in total. The molecule has 0 aromatic heterocycles. The topological polar surface area (TPSA) is 9.23 Å². The minimum atomic E-state index is -0.564. The number of hydrogen-bond donors (Lipinski definition) is 0. The lowest BCUT2D eigenvalue weighted by Crippen LogP contribution is -2.32. The maximum absolute atomic E-state index is 7.09. The fourth-order valence-electron chi connectivity index (χ4n) is 13.0. The molecule has 300 valence electrons. The fraction of sp³-hybridized carbons (Fsp3) is 0.0312. The van der Waals surface area contributed by atoms with Crippen molar-refractivity contribution < 1.29 is 4.74 Å². The van der Waals surface area contributed by atoms with Crippen molar-refractivity contribution in [2.24, 2.45) is 0 Å². The van der Waals surface area contributed by atoms with Crippen molar-refractivity contribution >= 4 is 21.5 Å². The molecule has 0 bridgehead atoms. The summed E-state index contributed by atoms with van der Waals surface area (Å²) in [4.78, 5) is 0. The number of hydrogen-bond acceptors (Lipinski definition) is 1. The van der Waals surface area contributed by atoms with Gasteiger partial charge in [-0.1, -0.05) is 212 Å². The molecule has 65 heavy (non-hydrogen) atoms. The van der Waals surface area contributed by atoms with Crippen LogP contribution in [-0.2, 0) is 10.8 Å². The molecule has 0 saturated carbocycles. The van der Waals surface area contributed by atoms with Gasteiger partial charge in [0.1, 0.15) is 11.5 Å². The van der Waals surface area contributed by atoms with E-state index in [4.69, 9.17) is 4.74 Å². The summed E-state index contributed by atoms with van der Waals surface area (Å²) in [5.74, 6) is 1.83. The van der Waals surface area contributed by atoms with Crippen molar-refractivity contribution in [3.63, 3.8) is 0 Å². The van der Waals surface area contributed by atoms with Crippen LogP contribution < -0.4 is 4.74 Å². The molecule has 4 aliphatic rings. The minimum absolute atomic E-state index is 0.442. The van der Waals surface area contributed by atoms with Crippen LogP contribution in [0.2, 0.25) is 0 Å². The summed E-state index contributed by atoms with van der Waals surface area (Å²) < 4.78 is 7.09. The number of para-hydroxylation sites is 1. The quantitative estimate of drug-likeness (QED) is 0.169. The zero-order valence-corrected chi connectivity index (χ0v) is 35.3. The molecule has 0 saturated heterocycles. The largest absolute Gasteiger partial charge is 0.456 e. The van der Waals surface area contributed by atoms with Crippen LogP contribution in [0.25, 0.3) is 77.2 Å². The number of benzene rings is 11. The Morgan fingerprint density at radius 3 is 1.46 bits per heavy atom. The van der Waals surface area contributed by atoms with E-state index in [-0.39, 0.29) is 0 Å². The van der Waals surface area contributed by atoms with E-state index in [9.17, 15) is 0 Å². The van der Waals surface area contributed by atoms with Crippen molar-refractivity contribution in [3.8, 4) is 67.1 Å². The molecule has 2 spiro atoms. The molecule has 1 aliphatic heterocycles. The Balaban J connectivity index is 0.982. The molecule has 1 heterocycles. The third kappa shape index (κ3) is 4.29. The van der Waals surface area contributed by atoms with E-state index in [1.165, 1.54) is 116 Å². The summed E-state index contributed by atoms with van der Waals surface area (Å²) in [5.41, 5.74) is 22.0. The maximum Gasteiger partial charge on any atom is 0.140 e. The highest BCUT2D eigenvalue weighted by Crippen LogP contribution is 2.66. The zero-order valence-electron chi connectivity index (χ0n) is 35.3. The van der Waals surface area contributed by atoms with Crippen molar-refractivity contribution in [1.29, 1.82) is 0 Å². The van der Waals surface area contributed by atoms with Crippen molar-refractivity contribution in [1.82, 2.24) is 0 Å². The van der Waals surface area contributed by atoms with E-state index in [2.05, 4.69) is 231 Å². The van der Waals surface area contributed by atoms with E-state index in [1.54, 1.807) is 0 Å². The van der Waals surface area contributed by atoms with Crippen LogP contribution in [0, 0.1) is 0 Å². The van der Waals surface area contributed by atoms with Gasteiger partial charge in [-0.15, -0.1) is 0 Å². The third-order valence-electron chi connectivity index (χ3n) is 15.3. The number of rotatable bonds is 2. The summed E-state index contributed by atoms with van der Waals surface area (Å²) in [6, 6.07) is 86.2. The monoisotopic (exact) mass is 822 g/mol. The van der Waals surface area contributed by atoms with Crippen LogP contribution in [0.1, 0.15) is 44.5 Å². The third-order valence-corrected chi connectivity index (χ3v) is 15.3. The second kappa shape index (κ2) is 12.7. The van der Waals surface area contributed by atoms with Gasteiger partial charge >= 0.3 is 0 Å². The normalized spacial score (nSPS) is 16.0. The number of fused-ring (bicyclic) bond motifs is 23. The molecule has 1 atom stereocenters. The van der Waals surface area contributed by atoms with Crippen molar-refractivity contribution in [2.75, 3.05) is 0 Å². The second-order valence-electron chi connectivity index (χ2n) is 18.1. The molecule has 0 fully saturated rings. The van der Waals surface area contributed by atoms with E-state index >= 15 is 0 Å². The Hall–Kier alpha value is -8.26. The van der Waals surface area contributed by atoms with Gasteiger partial charge in [-0.05, 0) is 123 Å². The van der Waals surface area contributed by atoms with Crippen LogP contribution in [0.3, 0.4) is 0 Å². The molecular weight excluding hydrogens is 785 g/mol. The first-order chi connectivity index (χ1) is 32.3. The van der Waals surface area contributed by atoms with Crippen LogP contribution in [0.4, 0.5) is 0 Å². The van der Waals surface area contributed by atoms with Crippen molar-refractivity contribution in [3.05, 3.63) is 275 Å². The van der Waals surface area contributed by atoms with Crippen molar-refractivity contribution in [2.45, 2.75) is 10.8 Å². The smallest absolute Gasteiger partial charge is 0.140 e. The molecule has 0 N–H and O–H groups in total. The van der Waals surface area contributed by atoms with Gasteiger partial charge in [0.15, 0.2) is 0 Å². The van der Waals surface area contributed by atoms with E-state index in [0.717, 1.165) is 16.9 Å². The van der Waals surface area contributed by atoms with Gasteiger partial charge < -0.3 is 4.74 Å². The highest BCUT2D eigenvalue weighted by Gasteiger charge is 2.53. The average molecular weight is 823 g/mol. The average Bonchev–Trinajstić information content (AvgIpc) is 3.97. The Kier molecular flexibility index (Phi) is 6.88. The lowest BCUT2D eigenvalue weighted by atomic mass is 9.65. The molecule has 1 unspecified atom stereocenters. The van der Waals surface area contributed by atoms with Crippen LogP contribution in [0.5, 0.6) is 11.5 Å². The highest BCUT2D eigenvalue weighted by molar-refractivity contribution is 6.08. The lowest BCUT2D eigenvalue weighted by molar-refractivity contribution is 0.442. The summed E-state index contributed by atoms with van der Waals surface area (Å²) in [6.45, 7) is 0. The zero-order chi connectivity index (χ0) is 42.4. The molecule has 1 heteroatoms. The maximum atomic E-state index is 7.09. The first-order valence-corrected chi connectivity index (χ1v) is 22.8. The van der Waals surface area contributed by atoms with Gasteiger partial charge in [0.2, 0.25) is 0 Å². The SMILES string of the molecule is c1cc(-c2cccc3c2-c2ccccc2C32c3ccccc3-c3c2ccc2ccccc32)cc(-c2cc3c(c4ccccc24)Oc2ccccc2C32c3ccccc3-c3ccccc32)c1. The first kappa shape index (κ1) is 35.2. The molecule has 11 aromatic carbocycles.